The highest BCUT2D eigenvalue weighted by molar-refractivity contribution is 6.30. The number of nitro benzene ring substituents is 1. The smallest absolute Gasteiger partial charge is 0.302 e. The SMILES string of the molecule is O=C(Nc1nc(-c2ccc(Cl)cc2)c(-c2ccccc2-c2ccc([N+](=O)[O-])cc2O)o1)c1ccccc1. The Labute approximate surface area is 216 Å². The number of non-ortho nitro benzene ring substituents is 1. The van der Waals surface area contributed by atoms with Gasteiger partial charge in [0, 0.05) is 33.3 Å². The van der Waals surface area contributed by atoms with E-state index in [1.165, 1.54) is 12.1 Å². The van der Waals surface area contributed by atoms with Gasteiger partial charge >= 0.3 is 6.01 Å². The highest BCUT2D eigenvalue weighted by atomic mass is 35.5. The molecule has 0 aliphatic heterocycles. The molecular formula is C28H18ClN3O5. The Bertz CT molecular complexity index is 1620. The fourth-order valence-corrected chi connectivity index (χ4v) is 4.02. The summed E-state index contributed by atoms with van der Waals surface area (Å²) in [5.41, 5.74) is 2.82. The number of amides is 1. The van der Waals surface area contributed by atoms with Crippen molar-refractivity contribution in [2.24, 2.45) is 0 Å². The van der Waals surface area contributed by atoms with Crippen molar-refractivity contribution < 1.29 is 19.2 Å². The molecule has 0 saturated heterocycles. The molecule has 4 aromatic carbocycles. The van der Waals surface area contributed by atoms with Gasteiger partial charge in [-0.1, -0.05) is 66.2 Å². The van der Waals surface area contributed by atoms with E-state index < -0.39 is 10.8 Å². The molecule has 2 N–H and O–H groups in total. The van der Waals surface area contributed by atoms with Crippen molar-refractivity contribution in [2.45, 2.75) is 0 Å². The molecule has 37 heavy (non-hydrogen) atoms. The molecule has 1 heterocycles. The Morgan fingerprint density at radius 2 is 1.57 bits per heavy atom. The monoisotopic (exact) mass is 511 g/mol. The van der Waals surface area contributed by atoms with Crippen molar-refractivity contribution in [3.05, 3.63) is 118 Å². The first kappa shape index (κ1) is 23.8. The van der Waals surface area contributed by atoms with Crippen molar-refractivity contribution >= 4 is 29.2 Å². The molecule has 0 atom stereocenters. The zero-order valence-electron chi connectivity index (χ0n) is 19.1. The van der Waals surface area contributed by atoms with E-state index in [1.807, 2.05) is 6.07 Å². The standard InChI is InChI=1S/C28H18ClN3O5/c29-19-12-10-17(11-13-19)25-26(37-28(30-25)31-27(34)18-6-2-1-3-7-18)23-9-5-4-8-21(23)22-15-14-20(32(35)36)16-24(22)33/h1-16,33H,(H,30,31,34). The van der Waals surface area contributed by atoms with Crippen molar-refractivity contribution in [1.29, 1.82) is 0 Å². The van der Waals surface area contributed by atoms with E-state index in [4.69, 9.17) is 16.0 Å². The third kappa shape index (κ3) is 4.91. The second kappa shape index (κ2) is 9.96. The summed E-state index contributed by atoms with van der Waals surface area (Å²) in [4.78, 5) is 27.9. The molecule has 1 amide bonds. The average molecular weight is 512 g/mol. The van der Waals surface area contributed by atoms with Gasteiger partial charge in [0.25, 0.3) is 11.6 Å². The molecule has 5 aromatic rings. The number of phenols is 1. The number of carbonyl (C=O) groups is 1. The zero-order chi connectivity index (χ0) is 25.9. The minimum absolute atomic E-state index is 0.0171. The molecule has 0 unspecified atom stereocenters. The number of carbonyl (C=O) groups excluding carboxylic acids is 1. The Hall–Kier alpha value is -4.95. The molecule has 0 fully saturated rings. The van der Waals surface area contributed by atoms with E-state index in [1.54, 1.807) is 72.8 Å². The summed E-state index contributed by atoms with van der Waals surface area (Å²) in [6.07, 6.45) is 0. The average Bonchev–Trinajstić information content (AvgIpc) is 3.33. The van der Waals surface area contributed by atoms with Crippen LogP contribution in [0.1, 0.15) is 10.4 Å². The van der Waals surface area contributed by atoms with Crippen LogP contribution in [0.3, 0.4) is 0 Å². The minimum atomic E-state index is -0.577. The number of phenolic OH excluding ortho intramolecular Hbond substituents is 1. The van der Waals surface area contributed by atoms with E-state index in [0.717, 1.165) is 6.07 Å². The number of aromatic hydroxyl groups is 1. The lowest BCUT2D eigenvalue weighted by Gasteiger charge is -2.11. The summed E-state index contributed by atoms with van der Waals surface area (Å²) in [6.45, 7) is 0. The molecule has 0 saturated carbocycles. The molecule has 0 spiro atoms. The van der Waals surface area contributed by atoms with E-state index in [0.29, 0.717) is 44.3 Å². The highest BCUT2D eigenvalue weighted by Gasteiger charge is 2.23. The van der Waals surface area contributed by atoms with Crippen molar-refractivity contribution in [1.82, 2.24) is 4.98 Å². The summed E-state index contributed by atoms with van der Waals surface area (Å²) < 4.78 is 6.08. The van der Waals surface area contributed by atoms with Crippen molar-refractivity contribution in [3.8, 4) is 39.5 Å². The topological polar surface area (TPSA) is 118 Å². The quantitative estimate of drug-likeness (QED) is 0.184. The van der Waals surface area contributed by atoms with Crippen LogP contribution in [0.2, 0.25) is 5.02 Å². The lowest BCUT2D eigenvalue weighted by Crippen LogP contribution is -2.11. The van der Waals surface area contributed by atoms with Crippen LogP contribution in [0.4, 0.5) is 11.7 Å². The number of nitro groups is 1. The Balaban J connectivity index is 1.64. The van der Waals surface area contributed by atoms with Gasteiger partial charge in [-0.15, -0.1) is 0 Å². The van der Waals surface area contributed by atoms with Crippen LogP contribution in [-0.4, -0.2) is 20.9 Å². The fourth-order valence-electron chi connectivity index (χ4n) is 3.90. The summed E-state index contributed by atoms with van der Waals surface area (Å²) in [5, 5.41) is 25.0. The molecule has 5 rings (SSSR count). The third-order valence-corrected chi connectivity index (χ3v) is 5.91. The number of rotatable bonds is 6. The molecule has 0 radical (unpaired) electrons. The summed E-state index contributed by atoms with van der Waals surface area (Å²) in [5.74, 6) is -0.316. The van der Waals surface area contributed by atoms with Crippen LogP contribution < -0.4 is 5.32 Å². The Kier molecular flexibility index (Phi) is 6.40. The van der Waals surface area contributed by atoms with Gasteiger partial charge in [0.05, 0.1) is 11.0 Å². The summed E-state index contributed by atoms with van der Waals surface area (Å²) in [7, 11) is 0. The summed E-state index contributed by atoms with van der Waals surface area (Å²) in [6, 6.07) is 26.6. The van der Waals surface area contributed by atoms with Crippen LogP contribution >= 0.6 is 11.6 Å². The van der Waals surface area contributed by atoms with Crippen LogP contribution in [0.5, 0.6) is 5.75 Å². The first-order valence-electron chi connectivity index (χ1n) is 11.1. The third-order valence-electron chi connectivity index (χ3n) is 5.66. The van der Waals surface area contributed by atoms with Gasteiger partial charge in [0.1, 0.15) is 11.4 Å². The predicted octanol–water partition coefficient (Wildman–Crippen LogP) is 7.20. The Morgan fingerprint density at radius 3 is 2.24 bits per heavy atom. The molecular weight excluding hydrogens is 494 g/mol. The van der Waals surface area contributed by atoms with Gasteiger partial charge in [0.2, 0.25) is 0 Å². The molecule has 8 nitrogen and oxygen atoms in total. The number of hydrogen-bond donors (Lipinski definition) is 2. The van der Waals surface area contributed by atoms with Gasteiger partial charge in [-0.2, -0.15) is 4.98 Å². The second-order valence-corrected chi connectivity index (χ2v) is 8.46. The number of hydrogen-bond acceptors (Lipinski definition) is 6. The van der Waals surface area contributed by atoms with Gasteiger partial charge in [-0.05, 0) is 35.9 Å². The molecule has 0 aliphatic rings. The van der Waals surface area contributed by atoms with E-state index >= 15 is 0 Å². The number of oxazole rings is 1. The largest absolute Gasteiger partial charge is 0.507 e. The zero-order valence-corrected chi connectivity index (χ0v) is 19.8. The highest BCUT2D eigenvalue weighted by Crippen LogP contribution is 2.42. The Morgan fingerprint density at radius 1 is 0.892 bits per heavy atom. The minimum Gasteiger partial charge on any atom is -0.507 e. The summed E-state index contributed by atoms with van der Waals surface area (Å²) >= 11 is 6.08. The molecule has 0 bridgehead atoms. The number of halogens is 1. The van der Waals surface area contributed by atoms with E-state index in [2.05, 4.69) is 10.3 Å². The maximum absolute atomic E-state index is 12.8. The maximum Gasteiger partial charge on any atom is 0.302 e. The second-order valence-electron chi connectivity index (χ2n) is 8.03. The van der Waals surface area contributed by atoms with E-state index in [9.17, 15) is 20.0 Å². The van der Waals surface area contributed by atoms with E-state index in [-0.39, 0.29) is 17.5 Å². The number of aromatic nitrogens is 1. The lowest BCUT2D eigenvalue weighted by atomic mass is 9.95. The normalized spacial score (nSPS) is 10.7. The first-order valence-corrected chi connectivity index (χ1v) is 11.5. The first-order chi connectivity index (χ1) is 17.9. The lowest BCUT2D eigenvalue weighted by molar-refractivity contribution is -0.384. The number of nitrogens with one attached hydrogen (secondary N) is 1. The molecule has 9 heteroatoms. The van der Waals surface area contributed by atoms with Gasteiger partial charge in [-0.25, -0.2) is 0 Å². The van der Waals surface area contributed by atoms with Gasteiger partial charge in [-0.3, -0.25) is 20.2 Å². The van der Waals surface area contributed by atoms with Crippen molar-refractivity contribution in [3.63, 3.8) is 0 Å². The van der Waals surface area contributed by atoms with Gasteiger partial charge in [0.15, 0.2) is 5.76 Å². The van der Waals surface area contributed by atoms with Crippen molar-refractivity contribution in [2.75, 3.05) is 5.32 Å². The molecule has 182 valence electrons. The predicted molar refractivity (Wildman–Crippen MR) is 141 cm³/mol. The number of anilines is 1. The number of nitrogens with zero attached hydrogens (tertiary/aromatic N) is 2. The van der Waals surface area contributed by atoms with Crippen LogP contribution in [-0.2, 0) is 0 Å². The maximum atomic E-state index is 12.8. The van der Waals surface area contributed by atoms with Gasteiger partial charge < -0.3 is 9.52 Å². The molecule has 1 aromatic heterocycles. The van der Waals surface area contributed by atoms with Crippen LogP contribution in [0, 0.1) is 10.1 Å². The number of benzene rings is 4. The molecule has 0 aliphatic carbocycles. The fraction of sp³-hybridized carbons (Fsp3) is 0. The van der Waals surface area contributed by atoms with Crippen LogP contribution in [0.25, 0.3) is 33.7 Å². The van der Waals surface area contributed by atoms with Crippen LogP contribution in [0.15, 0.2) is 101 Å².